The molecule has 0 N–H and O–H groups in total. The summed E-state index contributed by atoms with van der Waals surface area (Å²) in [4.78, 5) is 0. The van der Waals surface area contributed by atoms with E-state index in [0.29, 0.717) is 0 Å². The van der Waals surface area contributed by atoms with E-state index in [4.69, 9.17) is 4.42 Å². The Morgan fingerprint density at radius 3 is 2.13 bits per heavy atom. The fourth-order valence-electron chi connectivity index (χ4n) is 5.21. The second-order valence-electron chi connectivity index (χ2n) is 9.35. The van der Waals surface area contributed by atoms with E-state index in [0.717, 1.165) is 22.4 Å². The van der Waals surface area contributed by atoms with Gasteiger partial charge in [0.1, 0.15) is 18.0 Å². The molecule has 0 unspecified atom stereocenters. The first-order valence-electron chi connectivity index (χ1n) is 10.8. The van der Waals surface area contributed by atoms with Crippen LogP contribution in [-0.2, 0) is 12.5 Å². The highest BCUT2D eigenvalue weighted by Crippen LogP contribution is 2.42. The molecule has 0 aliphatic heterocycles. The van der Waals surface area contributed by atoms with Crippen LogP contribution < -0.4 is 4.57 Å². The van der Waals surface area contributed by atoms with E-state index >= 15 is 0 Å². The minimum absolute atomic E-state index is 0.0637. The number of pyridine rings is 1. The number of hydrogen-bond donors (Lipinski definition) is 0. The Hall–Kier alpha value is -3.59. The topological polar surface area (TPSA) is 21.9 Å². The van der Waals surface area contributed by atoms with Gasteiger partial charge >= 0.3 is 5.71 Å². The third-order valence-electron chi connectivity index (χ3n) is 6.29. The minimum atomic E-state index is -0.0637. The van der Waals surface area contributed by atoms with Crippen LogP contribution in [0.5, 0.6) is 0 Å². The number of fused-ring (bicyclic) bond motifs is 7. The van der Waals surface area contributed by atoms with Crippen molar-refractivity contribution < 1.29 is 8.98 Å². The fraction of sp³-hybridized carbons (Fsp3) is 0.179. The zero-order valence-corrected chi connectivity index (χ0v) is 18.3. The molecule has 0 saturated heterocycles. The zero-order chi connectivity index (χ0) is 21.3. The molecule has 6 rings (SSSR count). The lowest BCUT2D eigenvalue weighted by atomic mass is 9.87. The number of aromatic nitrogens is 2. The van der Waals surface area contributed by atoms with E-state index in [9.17, 15) is 0 Å². The SMILES string of the molecule is C[n+]1c(C(C)(C)C)c2c3ccccc3n(-c3ccccc3)c2c2c3ccccc3oc21. The van der Waals surface area contributed by atoms with Gasteiger partial charge in [-0.05, 0) is 24.3 Å². The summed E-state index contributed by atoms with van der Waals surface area (Å²) in [6, 6.07) is 27.8. The van der Waals surface area contributed by atoms with Crippen LogP contribution >= 0.6 is 0 Å². The lowest BCUT2D eigenvalue weighted by Gasteiger charge is -2.17. The molecule has 0 radical (unpaired) electrons. The minimum Gasteiger partial charge on any atom is -0.404 e. The quantitative estimate of drug-likeness (QED) is 0.276. The van der Waals surface area contributed by atoms with Gasteiger partial charge in [-0.25, -0.2) is 0 Å². The van der Waals surface area contributed by atoms with Gasteiger partial charge in [0.15, 0.2) is 5.69 Å². The standard InChI is InChI=1S/C28H25N2O/c1-28(2,3)26-23-19-14-8-10-16-21(19)30(18-12-6-5-7-13-18)25(23)24-20-15-9-11-17-22(20)31-27(24)29(26)4/h5-17H,1-4H3/q+1. The first-order chi connectivity index (χ1) is 15.0. The lowest BCUT2D eigenvalue weighted by molar-refractivity contribution is -0.661. The molecule has 0 amide bonds. The third kappa shape index (κ3) is 2.43. The largest absolute Gasteiger partial charge is 0.404 e. The number of hydrogen-bond acceptors (Lipinski definition) is 1. The van der Waals surface area contributed by atoms with Crippen molar-refractivity contribution in [1.82, 2.24) is 4.57 Å². The second-order valence-corrected chi connectivity index (χ2v) is 9.35. The summed E-state index contributed by atoms with van der Waals surface area (Å²) in [6.45, 7) is 6.85. The predicted octanol–water partition coefficient (Wildman–Crippen LogP) is 6.81. The smallest absolute Gasteiger partial charge is 0.383 e. The summed E-state index contributed by atoms with van der Waals surface area (Å²) in [6.07, 6.45) is 0. The molecule has 3 heteroatoms. The summed E-state index contributed by atoms with van der Waals surface area (Å²) in [7, 11) is 2.14. The van der Waals surface area contributed by atoms with Crippen LogP contribution in [0.3, 0.4) is 0 Å². The van der Waals surface area contributed by atoms with E-state index in [1.165, 1.54) is 32.9 Å². The average Bonchev–Trinajstić information content (AvgIpc) is 3.30. The van der Waals surface area contributed by atoms with Crippen molar-refractivity contribution in [2.24, 2.45) is 7.05 Å². The van der Waals surface area contributed by atoms with Gasteiger partial charge in [0.25, 0.3) is 0 Å². The molecule has 0 saturated carbocycles. The maximum atomic E-state index is 6.46. The predicted molar refractivity (Wildman–Crippen MR) is 128 cm³/mol. The first-order valence-corrected chi connectivity index (χ1v) is 10.8. The van der Waals surface area contributed by atoms with E-state index in [1.807, 2.05) is 6.07 Å². The average molecular weight is 406 g/mol. The fourth-order valence-corrected chi connectivity index (χ4v) is 5.21. The molecule has 0 aliphatic rings. The van der Waals surface area contributed by atoms with Gasteiger partial charge in [0.2, 0.25) is 0 Å². The van der Waals surface area contributed by atoms with Gasteiger partial charge < -0.3 is 8.98 Å². The molecule has 0 bridgehead atoms. The number of nitrogens with zero attached hydrogens (tertiary/aromatic N) is 2. The van der Waals surface area contributed by atoms with Crippen molar-refractivity contribution in [3.63, 3.8) is 0 Å². The van der Waals surface area contributed by atoms with Crippen LogP contribution in [0.2, 0.25) is 0 Å². The summed E-state index contributed by atoms with van der Waals surface area (Å²) < 4.78 is 11.1. The van der Waals surface area contributed by atoms with Crippen LogP contribution in [0.4, 0.5) is 0 Å². The molecule has 3 heterocycles. The molecule has 0 atom stereocenters. The maximum absolute atomic E-state index is 6.46. The van der Waals surface area contributed by atoms with Crippen molar-refractivity contribution in [2.45, 2.75) is 26.2 Å². The Kier molecular flexibility index (Phi) is 3.64. The summed E-state index contributed by atoms with van der Waals surface area (Å²) in [5, 5.41) is 4.89. The number of aryl methyl sites for hydroxylation is 1. The Bertz CT molecular complexity index is 1610. The lowest BCUT2D eigenvalue weighted by Crippen LogP contribution is -2.40. The normalized spacial score (nSPS) is 12.5. The van der Waals surface area contributed by atoms with E-state index in [1.54, 1.807) is 0 Å². The van der Waals surface area contributed by atoms with Crippen molar-refractivity contribution in [1.29, 1.82) is 0 Å². The van der Waals surface area contributed by atoms with Gasteiger partial charge in [0, 0.05) is 21.9 Å². The Balaban J connectivity index is 2.02. The second kappa shape index (κ2) is 6.21. The number of para-hydroxylation sites is 3. The number of rotatable bonds is 1. The molecule has 3 aromatic heterocycles. The molecule has 6 aromatic rings. The molecule has 0 fully saturated rings. The van der Waals surface area contributed by atoms with Crippen molar-refractivity contribution in [3.05, 3.63) is 84.6 Å². The summed E-state index contributed by atoms with van der Waals surface area (Å²) in [5.74, 6) is 0. The van der Waals surface area contributed by atoms with E-state index < -0.39 is 0 Å². The monoisotopic (exact) mass is 405 g/mol. The van der Waals surface area contributed by atoms with Gasteiger partial charge in [-0.15, -0.1) is 0 Å². The van der Waals surface area contributed by atoms with Crippen molar-refractivity contribution >= 4 is 43.9 Å². The molecule has 0 aliphatic carbocycles. The van der Waals surface area contributed by atoms with Crippen molar-refractivity contribution in [2.75, 3.05) is 0 Å². The highest BCUT2D eigenvalue weighted by Gasteiger charge is 2.35. The number of benzene rings is 3. The van der Waals surface area contributed by atoms with Crippen LogP contribution in [0, 0.1) is 0 Å². The van der Waals surface area contributed by atoms with Crippen molar-refractivity contribution in [3.8, 4) is 5.69 Å². The molecule has 3 nitrogen and oxygen atoms in total. The Morgan fingerprint density at radius 2 is 1.39 bits per heavy atom. The molecule has 152 valence electrons. The highest BCUT2D eigenvalue weighted by molar-refractivity contribution is 6.23. The summed E-state index contributed by atoms with van der Waals surface area (Å²) in [5.41, 5.74) is 6.64. The zero-order valence-electron chi connectivity index (χ0n) is 18.3. The maximum Gasteiger partial charge on any atom is 0.383 e. The molecular formula is C28H25N2O+. The Labute approximate surface area is 181 Å². The molecule has 31 heavy (non-hydrogen) atoms. The van der Waals surface area contributed by atoms with Crippen LogP contribution in [0.25, 0.3) is 49.6 Å². The first kappa shape index (κ1) is 18.2. The molecule has 0 spiro atoms. The van der Waals surface area contributed by atoms with Gasteiger partial charge in [-0.3, -0.25) is 0 Å². The van der Waals surface area contributed by atoms with Gasteiger partial charge in [-0.1, -0.05) is 75.4 Å². The van der Waals surface area contributed by atoms with Crippen LogP contribution in [-0.4, -0.2) is 4.57 Å². The molecule has 3 aromatic carbocycles. The van der Waals surface area contributed by atoms with E-state index in [-0.39, 0.29) is 5.41 Å². The number of furan rings is 1. The highest BCUT2D eigenvalue weighted by atomic mass is 16.3. The summed E-state index contributed by atoms with van der Waals surface area (Å²) >= 11 is 0. The van der Waals surface area contributed by atoms with Crippen LogP contribution in [0.15, 0.2) is 83.3 Å². The van der Waals surface area contributed by atoms with Gasteiger partial charge in [0.05, 0.1) is 16.4 Å². The molecular weight excluding hydrogens is 380 g/mol. The van der Waals surface area contributed by atoms with E-state index in [2.05, 4.69) is 110 Å². The van der Waals surface area contributed by atoms with Crippen LogP contribution in [0.1, 0.15) is 26.5 Å². The third-order valence-corrected chi connectivity index (χ3v) is 6.29. The van der Waals surface area contributed by atoms with Gasteiger partial charge in [-0.2, -0.15) is 4.57 Å². The Morgan fingerprint density at radius 1 is 0.742 bits per heavy atom.